The number of nitrogens with one attached hydrogen (secondary N) is 1. The van der Waals surface area contributed by atoms with Gasteiger partial charge in [0.2, 0.25) is 5.88 Å². The summed E-state index contributed by atoms with van der Waals surface area (Å²) in [5.74, 6) is 1.28. The third-order valence-electron chi connectivity index (χ3n) is 5.35. The van der Waals surface area contributed by atoms with Gasteiger partial charge in [0.15, 0.2) is 0 Å². The van der Waals surface area contributed by atoms with Crippen molar-refractivity contribution in [3.05, 3.63) is 48.2 Å². The number of pyridine rings is 1. The molecule has 0 unspecified atom stereocenters. The topological polar surface area (TPSA) is 80.2 Å². The molecule has 0 spiro atoms. The lowest BCUT2D eigenvalue weighted by Crippen LogP contribution is -2.32. The molecular formula is C20H25N5O2. The standard InChI is InChI=1S/C20H25N5O2/c1-25-8-6-16(19(25)15-3-2-7-21-9-15)10-24-20(26)17-11-23-18(12-22-17)27-13-14-4-5-14/h2-3,7,9,11-12,14,16,19H,4-6,8,10,13H2,1H3,(H,24,26)/t16-,19-/m0/s1. The average Bonchev–Trinajstić information content (AvgIpc) is 3.47. The number of rotatable bonds is 7. The van der Waals surface area contributed by atoms with Gasteiger partial charge in [-0.05, 0) is 56.3 Å². The van der Waals surface area contributed by atoms with Crippen molar-refractivity contribution in [2.75, 3.05) is 26.7 Å². The molecule has 7 nitrogen and oxygen atoms in total. The fraction of sp³-hybridized carbons (Fsp3) is 0.500. The van der Waals surface area contributed by atoms with Crippen LogP contribution in [0.3, 0.4) is 0 Å². The zero-order chi connectivity index (χ0) is 18.6. The van der Waals surface area contributed by atoms with Crippen LogP contribution in [0.2, 0.25) is 0 Å². The molecule has 1 aliphatic carbocycles. The zero-order valence-electron chi connectivity index (χ0n) is 15.5. The Bertz CT molecular complexity index is 764. The zero-order valence-corrected chi connectivity index (χ0v) is 15.5. The van der Waals surface area contributed by atoms with Crippen LogP contribution in [-0.4, -0.2) is 52.5 Å². The molecule has 2 aliphatic rings. The second kappa shape index (κ2) is 8.00. The van der Waals surface area contributed by atoms with Gasteiger partial charge >= 0.3 is 0 Å². The van der Waals surface area contributed by atoms with Crippen molar-refractivity contribution in [1.82, 2.24) is 25.2 Å². The summed E-state index contributed by atoms with van der Waals surface area (Å²) in [4.78, 5) is 27.4. The Hall–Kier alpha value is -2.54. The number of amides is 1. The number of hydrogen-bond acceptors (Lipinski definition) is 6. The highest BCUT2D eigenvalue weighted by atomic mass is 16.5. The first-order valence-corrected chi connectivity index (χ1v) is 9.54. The molecule has 1 N–H and O–H groups in total. The van der Waals surface area contributed by atoms with E-state index in [0.717, 1.165) is 13.0 Å². The fourth-order valence-electron chi connectivity index (χ4n) is 3.63. The molecule has 1 aliphatic heterocycles. The van der Waals surface area contributed by atoms with Crippen LogP contribution in [0.25, 0.3) is 0 Å². The molecule has 1 saturated heterocycles. The van der Waals surface area contributed by atoms with Crippen LogP contribution < -0.4 is 10.1 Å². The lowest BCUT2D eigenvalue weighted by Gasteiger charge is -2.25. The van der Waals surface area contributed by atoms with Crippen LogP contribution in [0, 0.1) is 11.8 Å². The Morgan fingerprint density at radius 3 is 2.85 bits per heavy atom. The largest absolute Gasteiger partial charge is 0.476 e. The van der Waals surface area contributed by atoms with E-state index < -0.39 is 0 Å². The summed E-state index contributed by atoms with van der Waals surface area (Å²) in [5, 5.41) is 3.01. The normalized spacial score (nSPS) is 22.6. The van der Waals surface area contributed by atoms with Gasteiger partial charge in [-0.3, -0.25) is 14.7 Å². The van der Waals surface area contributed by atoms with Crippen molar-refractivity contribution >= 4 is 5.91 Å². The Morgan fingerprint density at radius 2 is 2.15 bits per heavy atom. The van der Waals surface area contributed by atoms with Gasteiger partial charge in [0.05, 0.1) is 19.0 Å². The molecule has 1 saturated carbocycles. The minimum atomic E-state index is -0.198. The van der Waals surface area contributed by atoms with Gasteiger partial charge in [0.25, 0.3) is 5.91 Å². The van der Waals surface area contributed by atoms with E-state index >= 15 is 0 Å². The van der Waals surface area contributed by atoms with Crippen molar-refractivity contribution in [2.45, 2.75) is 25.3 Å². The van der Waals surface area contributed by atoms with Gasteiger partial charge in [-0.2, -0.15) is 0 Å². The van der Waals surface area contributed by atoms with E-state index in [1.165, 1.54) is 30.8 Å². The van der Waals surface area contributed by atoms with E-state index in [0.29, 0.717) is 36.6 Å². The Balaban J connectivity index is 1.32. The number of likely N-dealkylation sites (tertiary alicyclic amines) is 1. The second-order valence-electron chi connectivity index (χ2n) is 7.46. The van der Waals surface area contributed by atoms with Crippen molar-refractivity contribution in [1.29, 1.82) is 0 Å². The van der Waals surface area contributed by atoms with E-state index in [2.05, 4.69) is 38.3 Å². The first kappa shape index (κ1) is 17.9. The summed E-state index contributed by atoms with van der Waals surface area (Å²) in [7, 11) is 2.12. The molecule has 2 fully saturated rings. The summed E-state index contributed by atoms with van der Waals surface area (Å²) in [6.45, 7) is 2.29. The van der Waals surface area contributed by atoms with Crippen LogP contribution in [0.5, 0.6) is 5.88 Å². The van der Waals surface area contributed by atoms with Crippen molar-refractivity contribution in [2.24, 2.45) is 11.8 Å². The number of ether oxygens (including phenoxy) is 1. The summed E-state index contributed by atoms with van der Waals surface area (Å²) >= 11 is 0. The molecule has 2 atom stereocenters. The molecule has 142 valence electrons. The SMILES string of the molecule is CN1CC[C@@H](CNC(=O)c2cnc(OCC3CC3)cn2)[C@@H]1c1cccnc1. The number of carbonyl (C=O) groups is 1. The average molecular weight is 367 g/mol. The van der Waals surface area contributed by atoms with E-state index in [4.69, 9.17) is 4.74 Å². The van der Waals surface area contributed by atoms with Crippen LogP contribution in [0.1, 0.15) is 41.4 Å². The second-order valence-corrected chi connectivity index (χ2v) is 7.46. The van der Waals surface area contributed by atoms with E-state index in [9.17, 15) is 4.79 Å². The van der Waals surface area contributed by atoms with Gasteiger partial charge in [-0.1, -0.05) is 6.07 Å². The van der Waals surface area contributed by atoms with Crippen molar-refractivity contribution in [3.63, 3.8) is 0 Å². The van der Waals surface area contributed by atoms with Crippen molar-refractivity contribution in [3.8, 4) is 5.88 Å². The van der Waals surface area contributed by atoms with Gasteiger partial charge < -0.3 is 10.1 Å². The molecule has 1 amide bonds. The highest BCUT2D eigenvalue weighted by Crippen LogP contribution is 2.35. The first-order chi connectivity index (χ1) is 13.2. The maximum atomic E-state index is 12.4. The molecular weight excluding hydrogens is 342 g/mol. The molecule has 2 aromatic heterocycles. The smallest absolute Gasteiger partial charge is 0.271 e. The third-order valence-corrected chi connectivity index (χ3v) is 5.35. The number of aromatic nitrogens is 3. The Labute approximate surface area is 159 Å². The minimum absolute atomic E-state index is 0.198. The van der Waals surface area contributed by atoms with Gasteiger partial charge in [0.1, 0.15) is 5.69 Å². The summed E-state index contributed by atoms with van der Waals surface area (Å²) in [5.41, 5.74) is 1.51. The summed E-state index contributed by atoms with van der Waals surface area (Å²) in [6.07, 6.45) is 10.2. The molecule has 7 heteroatoms. The maximum Gasteiger partial charge on any atom is 0.271 e. The monoisotopic (exact) mass is 367 g/mol. The maximum absolute atomic E-state index is 12.4. The first-order valence-electron chi connectivity index (χ1n) is 9.54. The highest BCUT2D eigenvalue weighted by molar-refractivity contribution is 5.91. The number of hydrogen-bond donors (Lipinski definition) is 1. The van der Waals surface area contributed by atoms with E-state index in [1.807, 2.05) is 12.3 Å². The summed E-state index contributed by atoms with van der Waals surface area (Å²) < 4.78 is 5.56. The number of nitrogens with zero attached hydrogens (tertiary/aromatic N) is 4. The molecule has 2 aromatic rings. The lowest BCUT2D eigenvalue weighted by atomic mass is 9.95. The molecule has 0 aromatic carbocycles. The van der Waals surface area contributed by atoms with Gasteiger partial charge in [-0.15, -0.1) is 0 Å². The van der Waals surface area contributed by atoms with Crippen LogP contribution in [0.4, 0.5) is 0 Å². The molecule has 4 rings (SSSR count). The molecule has 0 radical (unpaired) electrons. The highest BCUT2D eigenvalue weighted by Gasteiger charge is 2.33. The molecule has 27 heavy (non-hydrogen) atoms. The lowest BCUT2D eigenvalue weighted by molar-refractivity contribution is 0.0938. The molecule has 3 heterocycles. The summed E-state index contributed by atoms with van der Waals surface area (Å²) in [6, 6.07) is 4.32. The third kappa shape index (κ3) is 4.42. The molecule has 0 bridgehead atoms. The van der Waals surface area contributed by atoms with Gasteiger partial charge in [0, 0.05) is 25.0 Å². The predicted molar refractivity (Wildman–Crippen MR) is 100 cm³/mol. The van der Waals surface area contributed by atoms with E-state index in [1.54, 1.807) is 6.20 Å². The minimum Gasteiger partial charge on any atom is -0.476 e. The predicted octanol–water partition coefficient (Wildman–Crippen LogP) is 2.08. The van der Waals surface area contributed by atoms with Crippen LogP contribution >= 0.6 is 0 Å². The van der Waals surface area contributed by atoms with Crippen molar-refractivity contribution < 1.29 is 9.53 Å². The van der Waals surface area contributed by atoms with Crippen LogP contribution in [0.15, 0.2) is 36.9 Å². The van der Waals surface area contributed by atoms with Crippen LogP contribution in [-0.2, 0) is 0 Å². The van der Waals surface area contributed by atoms with Gasteiger partial charge in [-0.25, -0.2) is 9.97 Å². The van der Waals surface area contributed by atoms with E-state index in [-0.39, 0.29) is 11.9 Å². The Morgan fingerprint density at radius 1 is 1.26 bits per heavy atom. The quantitative estimate of drug-likeness (QED) is 0.807. The number of carbonyl (C=O) groups excluding carboxylic acids is 1. The fourth-order valence-corrected chi connectivity index (χ4v) is 3.63. The Kier molecular flexibility index (Phi) is 5.29.